The lowest BCUT2D eigenvalue weighted by Crippen LogP contribution is -2.15. The highest BCUT2D eigenvalue weighted by atomic mass is 79.9. The summed E-state index contributed by atoms with van der Waals surface area (Å²) in [5, 5.41) is 3.91. The largest absolute Gasteiger partial charge is 0.299 e. The zero-order valence-corrected chi connectivity index (χ0v) is 17.1. The minimum Gasteiger partial charge on any atom is -0.275 e. The summed E-state index contributed by atoms with van der Waals surface area (Å²) in [6, 6.07) is 7.23. The molecule has 0 atom stereocenters. The Hall–Kier alpha value is -1.52. The first-order valence-corrected chi connectivity index (χ1v) is 10.6. The Kier molecular flexibility index (Phi) is 4.08. The Bertz CT molecular complexity index is 1070. The number of fused-ring (bicyclic) bond motifs is 1. The van der Waals surface area contributed by atoms with Crippen LogP contribution in [0.5, 0.6) is 0 Å². The van der Waals surface area contributed by atoms with Crippen molar-refractivity contribution in [3.63, 3.8) is 0 Å². The minimum atomic E-state index is -3.95. The van der Waals surface area contributed by atoms with Gasteiger partial charge in [-0.1, -0.05) is 6.07 Å². The van der Waals surface area contributed by atoms with E-state index in [1.165, 1.54) is 4.52 Å². The number of aromatic nitrogens is 4. The molecule has 0 unspecified atom stereocenters. The molecule has 0 amide bonds. The van der Waals surface area contributed by atoms with Crippen molar-refractivity contribution in [1.82, 2.24) is 19.6 Å². The summed E-state index contributed by atoms with van der Waals surface area (Å²) in [5.74, 6) is 0.695. The van der Waals surface area contributed by atoms with Gasteiger partial charge < -0.3 is 0 Å². The Morgan fingerprint density at radius 1 is 1.20 bits per heavy atom. The monoisotopic (exact) mass is 485 g/mol. The lowest BCUT2D eigenvalue weighted by molar-refractivity contribution is 0.591. The SMILES string of the molecule is Cc1cc(C2CC2)n2nc(S(=O)(=O)Nc3c(Br)cccc3Br)nc2n1. The summed E-state index contributed by atoms with van der Waals surface area (Å²) < 4.78 is 30.8. The van der Waals surface area contributed by atoms with Crippen LogP contribution in [0, 0.1) is 6.92 Å². The number of para-hydroxylation sites is 1. The molecule has 0 saturated heterocycles. The minimum absolute atomic E-state index is 0.296. The number of nitrogens with zero attached hydrogens (tertiary/aromatic N) is 4. The van der Waals surface area contributed by atoms with Gasteiger partial charge >= 0.3 is 0 Å². The molecule has 1 saturated carbocycles. The maximum atomic E-state index is 12.7. The van der Waals surface area contributed by atoms with Crippen LogP contribution in [0.3, 0.4) is 0 Å². The first-order valence-electron chi connectivity index (χ1n) is 7.56. The van der Waals surface area contributed by atoms with Crippen molar-refractivity contribution < 1.29 is 8.42 Å². The average molecular weight is 487 g/mol. The van der Waals surface area contributed by atoms with E-state index < -0.39 is 10.0 Å². The third-order valence-electron chi connectivity index (χ3n) is 3.88. The van der Waals surface area contributed by atoms with Gasteiger partial charge in [-0.3, -0.25) is 4.72 Å². The highest BCUT2D eigenvalue weighted by Crippen LogP contribution is 2.40. The Morgan fingerprint density at radius 3 is 2.52 bits per heavy atom. The topological polar surface area (TPSA) is 89.3 Å². The van der Waals surface area contributed by atoms with Crippen LogP contribution in [0.1, 0.15) is 30.1 Å². The second kappa shape index (κ2) is 6.03. The lowest BCUT2D eigenvalue weighted by atomic mass is 10.2. The third-order valence-corrected chi connectivity index (χ3v) is 6.33. The maximum absolute atomic E-state index is 12.7. The first-order chi connectivity index (χ1) is 11.8. The van der Waals surface area contributed by atoms with Crippen molar-refractivity contribution in [2.45, 2.75) is 30.8 Å². The normalized spacial score (nSPS) is 14.8. The number of rotatable bonds is 4. The van der Waals surface area contributed by atoms with Crippen LogP contribution in [0.15, 0.2) is 38.4 Å². The van der Waals surface area contributed by atoms with Crippen LogP contribution in [-0.2, 0) is 10.0 Å². The van der Waals surface area contributed by atoms with E-state index in [9.17, 15) is 8.42 Å². The van der Waals surface area contributed by atoms with E-state index in [4.69, 9.17) is 0 Å². The highest BCUT2D eigenvalue weighted by Gasteiger charge is 2.30. The average Bonchev–Trinajstić information content (AvgIpc) is 3.29. The van der Waals surface area contributed by atoms with Gasteiger partial charge in [-0.15, -0.1) is 5.10 Å². The van der Waals surface area contributed by atoms with Crippen LogP contribution in [-0.4, -0.2) is 28.0 Å². The number of aryl methyl sites for hydroxylation is 1. The molecule has 130 valence electrons. The van der Waals surface area contributed by atoms with Gasteiger partial charge in [-0.2, -0.15) is 17.9 Å². The Balaban J connectivity index is 1.79. The maximum Gasteiger partial charge on any atom is 0.299 e. The van der Waals surface area contributed by atoms with Gasteiger partial charge in [0.05, 0.1) is 11.4 Å². The molecule has 0 aliphatic heterocycles. The standard InChI is InChI=1S/C15H13Br2N5O2S/c1-8-7-12(9-5-6-9)22-14(18-8)19-15(20-22)25(23,24)21-13-10(16)3-2-4-11(13)17/h2-4,7,9,21H,5-6H2,1H3. The van der Waals surface area contributed by atoms with Crippen molar-refractivity contribution in [1.29, 1.82) is 0 Å². The Labute approximate surface area is 161 Å². The van der Waals surface area contributed by atoms with Gasteiger partial charge in [0.25, 0.3) is 21.0 Å². The number of nitrogens with one attached hydrogen (secondary N) is 1. The molecular formula is C15H13Br2N5O2S. The molecule has 1 aliphatic rings. The summed E-state index contributed by atoms with van der Waals surface area (Å²) in [6.07, 6.45) is 2.14. The van der Waals surface area contributed by atoms with E-state index in [0.29, 0.717) is 26.3 Å². The molecule has 0 spiro atoms. The number of halogens is 2. The number of hydrogen-bond acceptors (Lipinski definition) is 5. The molecule has 7 nitrogen and oxygen atoms in total. The fourth-order valence-electron chi connectivity index (χ4n) is 2.56. The van der Waals surface area contributed by atoms with Crippen molar-refractivity contribution in [2.75, 3.05) is 4.72 Å². The zero-order chi connectivity index (χ0) is 17.8. The second-order valence-electron chi connectivity index (χ2n) is 5.91. The van der Waals surface area contributed by atoms with Gasteiger partial charge in [-0.25, -0.2) is 4.98 Å². The third kappa shape index (κ3) is 3.18. The van der Waals surface area contributed by atoms with E-state index in [2.05, 4.69) is 51.6 Å². The molecular weight excluding hydrogens is 474 g/mol. The van der Waals surface area contributed by atoms with Crippen molar-refractivity contribution in [3.05, 3.63) is 44.6 Å². The van der Waals surface area contributed by atoms with Gasteiger partial charge in [-0.05, 0) is 69.8 Å². The van der Waals surface area contributed by atoms with Gasteiger partial charge in [0.1, 0.15) is 0 Å². The molecule has 3 aromatic rings. The zero-order valence-electron chi connectivity index (χ0n) is 13.1. The molecule has 25 heavy (non-hydrogen) atoms. The molecule has 2 heterocycles. The van der Waals surface area contributed by atoms with E-state index in [-0.39, 0.29) is 5.16 Å². The predicted molar refractivity (Wildman–Crippen MR) is 100 cm³/mol. The number of benzene rings is 1. The van der Waals surface area contributed by atoms with E-state index in [1.807, 2.05) is 13.0 Å². The smallest absolute Gasteiger partial charge is 0.275 e. The van der Waals surface area contributed by atoms with Gasteiger partial charge in [0.2, 0.25) is 0 Å². The molecule has 1 N–H and O–H groups in total. The van der Waals surface area contributed by atoms with Crippen LogP contribution in [0.25, 0.3) is 5.78 Å². The van der Waals surface area contributed by atoms with Crippen LogP contribution in [0.4, 0.5) is 5.69 Å². The molecule has 2 aromatic heterocycles. The highest BCUT2D eigenvalue weighted by molar-refractivity contribution is 9.11. The van der Waals surface area contributed by atoms with E-state index in [0.717, 1.165) is 24.2 Å². The lowest BCUT2D eigenvalue weighted by Gasteiger charge is -2.09. The second-order valence-corrected chi connectivity index (χ2v) is 9.19. The molecule has 1 aromatic carbocycles. The quantitative estimate of drug-likeness (QED) is 0.608. The molecule has 1 fully saturated rings. The van der Waals surface area contributed by atoms with E-state index >= 15 is 0 Å². The molecule has 10 heteroatoms. The van der Waals surface area contributed by atoms with Gasteiger partial charge in [0, 0.05) is 20.6 Å². The summed E-state index contributed by atoms with van der Waals surface area (Å²) in [4.78, 5) is 8.43. The van der Waals surface area contributed by atoms with Crippen molar-refractivity contribution in [3.8, 4) is 0 Å². The fraction of sp³-hybridized carbons (Fsp3) is 0.267. The number of hydrogen-bond donors (Lipinski definition) is 1. The molecule has 1 aliphatic carbocycles. The molecule has 0 radical (unpaired) electrons. The van der Waals surface area contributed by atoms with Gasteiger partial charge in [0.15, 0.2) is 0 Å². The van der Waals surface area contributed by atoms with Crippen molar-refractivity contribution in [2.24, 2.45) is 0 Å². The Morgan fingerprint density at radius 2 is 1.88 bits per heavy atom. The predicted octanol–water partition coefficient (Wildman–Crippen LogP) is 3.64. The van der Waals surface area contributed by atoms with Crippen LogP contribution >= 0.6 is 31.9 Å². The van der Waals surface area contributed by atoms with Crippen LogP contribution in [0.2, 0.25) is 0 Å². The summed E-state index contributed by atoms with van der Waals surface area (Å²) >= 11 is 6.68. The summed E-state index contributed by atoms with van der Waals surface area (Å²) in [6.45, 7) is 1.87. The van der Waals surface area contributed by atoms with E-state index in [1.54, 1.807) is 18.2 Å². The number of anilines is 1. The summed E-state index contributed by atoms with van der Waals surface area (Å²) in [5.41, 5.74) is 2.15. The first kappa shape index (κ1) is 16.9. The van der Waals surface area contributed by atoms with Crippen molar-refractivity contribution >= 4 is 53.3 Å². The summed E-state index contributed by atoms with van der Waals surface area (Å²) in [7, 11) is -3.95. The number of sulfonamides is 1. The molecule has 4 rings (SSSR count). The molecule has 0 bridgehead atoms. The fourth-order valence-corrected chi connectivity index (χ4v) is 4.99. The van der Waals surface area contributed by atoms with Crippen LogP contribution < -0.4 is 4.72 Å².